The van der Waals surface area contributed by atoms with Crippen molar-refractivity contribution in [1.82, 2.24) is 4.90 Å². The molecule has 1 atom stereocenters. The van der Waals surface area contributed by atoms with Crippen molar-refractivity contribution in [2.24, 2.45) is 0 Å². The Morgan fingerprint density at radius 2 is 2.11 bits per heavy atom. The Balaban J connectivity index is 2.99. The molecule has 3 nitrogen and oxygen atoms in total. The molecular weight excluding hydrogens is 238 g/mol. The summed E-state index contributed by atoms with van der Waals surface area (Å²) < 4.78 is 0. The smallest absolute Gasteiger partial charge is 0.255 e. The highest BCUT2D eigenvalue weighted by Gasteiger charge is 2.18. The molecule has 0 bridgehead atoms. The summed E-state index contributed by atoms with van der Waals surface area (Å²) >= 11 is 0. The van der Waals surface area contributed by atoms with Crippen molar-refractivity contribution < 1.29 is 9.90 Å². The summed E-state index contributed by atoms with van der Waals surface area (Å²) in [7, 11) is 1.82. The molecule has 0 heterocycles. The Hall–Kier alpha value is -1.79. The number of amides is 1. The van der Waals surface area contributed by atoms with Gasteiger partial charge in [-0.3, -0.25) is 4.79 Å². The maximum Gasteiger partial charge on any atom is 0.255 e. The lowest BCUT2D eigenvalue weighted by Gasteiger charge is -2.25. The van der Waals surface area contributed by atoms with Crippen molar-refractivity contribution in [3.63, 3.8) is 0 Å². The molecule has 1 aromatic carbocycles. The van der Waals surface area contributed by atoms with Gasteiger partial charge in [0.1, 0.15) is 6.61 Å². The Morgan fingerprint density at radius 3 is 2.74 bits per heavy atom. The SMILES string of the molecule is CCCC(C)N(C)C(=O)c1ccccc1C#CCO. The van der Waals surface area contributed by atoms with E-state index >= 15 is 0 Å². The largest absolute Gasteiger partial charge is 0.384 e. The highest BCUT2D eigenvalue weighted by atomic mass is 16.2. The summed E-state index contributed by atoms with van der Waals surface area (Å²) in [5.74, 6) is 5.39. The van der Waals surface area contributed by atoms with E-state index in [1.165, 1.54) is 0 Å². The first-order valence-electron chi connectivity index (χ1n) is 6.57. The molecule has 102 valence electrons. The fourth-order valence-electron chi connectivity index (χ4n) is 1.91. The van der Waals surface area contributed by atoms with Gasteiger partial charge in [-0.1, -0.05) is 37.3 Å². The third kappa shape index (κ3) is 4.11. The predicted molar refractivity (Wildman–Crippen MR) is 76.9 cm³/mol. The number of aliphatic hydroxyl groups excluding tert-OH is 1. The summed E-state index contributed by atoms with van der Waals surface area (Å²) in [6.45, 7) is 3.95. The Labute approximate surface area is 115 Å². The molecule has 19 heavy (non-hydrogen) atoms. The lowest BCUT2D eigenvalue weighted by Crippen LogP contribution is -2.35. The van der Waals surface area contributed by atoms with Gasteiger partial charge in [0.15, 0.2) is 0 Å². The second kappa shape index (κ2) is 7.60. The Morgan fingerprint density at radius 1 is 1.42 bits per heavy atom. The molecule has 0 aliphatic carbocycles. The van der Waals surface area contributed by atoms with Gasteiger partial charge < -0.3 is 10.0 Å². The van der Waals surface area contributed by atoms with E-state index in [1.807, 2.05) is 26.1 Å². The van der Waals surface area contributed by atoms with Crippen LogP contribution in [0.4, 0.5) is 0 Å². The number of carbonyl (C=O) groups is 1. The molecule has 0 spiro atoms. The molecule has 0 saturated carbocycles. The third-order valence-corrected chi connectivity index (χ3v) is 3.15. The van der Waals surface area contributed by atoms with Crippen LogP contribution in [-0.2, 0) is 0 Å². The van der Waals surface area contributed by atoms with E-state index in [1.54, 1.807) is 17.0 Å². The van der Waals surface area contributed by atoms with Gasteiger partial charge in [-0.15, -0.1) is 0 Å². The van der Waals surface area contributed by atoms with Gasteiger partial charge in [0.2, 0.25) is 0 Å². The monoisotopic (exact) mass is 259 g/mol. The van der Waals surface area contributed by atoms with Gasteiger partial charge >= 0.3 is 0 Å². The van der Waals surface area contributed by atoms with Crippen molar-refractivity contribution in [1.29, 1.82) is 0 Å². The highest BCUT2D eigenvalue weighted by Crippen LogP contribution is 2.13. The molecule has 0 radical (unpaired) electrons. The maximum absolute atomic E-state index is 12.4. The predicted octanol–water partition coefficient (Wildman–Crippen LogP) is 2.29. The maximum atomic E-state index is 12.4. The second-order valence-electron chi connectivity index (χ2n) is 4.56. The summed E-state index contributed by atoms with van der Waals surface area (Å²) in [5, 5.41) is 8.76. The molecule has 1 rings (SSSR count). The third-order valence-electron chi connectivity index (χ3n) is 3.15. The molecule has 1 amide bonds. The Bertz CT molecular complexity index is 485. The molecular formula is C16H21NO2. The molecule has 0 aliphatic rings. The minimum absolute atomic E-state index is 0.0243. The van der Waals surface area contributed by atoms with Crippen LogP contribution < -0.4 is 0 Å². The first-order chi connectivity index (χ1) is 9.11. The summed E-state index contributed by atoms with van der Waals surface area (Å²) in [6, 6.07) is 7.45. The second-order valence-corrected chi connectivity index (χ2v) is 4.56. The number of benzene rings is 1. The molecule has 3 heteroatoms. The molecule has 1 aromatic rings. The Kier molecular flexibility index (Phi) is 6.11. The van der Waals surface area contributed by atoms with Crippen LogP contribution in [0.1, 0.15) is 42.6 Å². The van der Waals surface area contributed by atoms with E-state index in [2.05, 4.69) is 18.8 Å². The molecule has 0 fully saturated rings. The van der Waals surface area contributed by atoms with Crippen LogP contribution in [-0.4, -0.2) is 35.6 Å². The number of hydrogen-bond donors (Lipinski definition) is 1. The quantitative estimate of drug-likeness (QED) is 0.843. The lowest BCUT2D eigenvalue weighted by molar-refractivity contribution is 0.0736. The topological polar surface area (TPSA) is 40.5 Å². The minimum Gasteiger partial charge on any atom is -0.384 e. The average Bonchev–Trinajstić information content (AvgIpc) is 2.44. The zero-order valence-corrected chi connectivity index (χ0v) is 11.8. The van der Waals surface area contributed by atoms with Crippen LogP contribution in [0.25, 0.3) is 0 Å². The zero-order valence-electron chi connectivity index (χ0n) is 11.8. The van der Waals surface area contributed by atoms with Crippen molar-refractivity contribution in [3.8, 4) is 11.8 Å². The molecule has 1 unspecified atom stereocenters. The minimum atomic E-state index is -0.204. The first kappa shape index (κ1) is 15.3. The fraction of sp³-hybridized carbons (Fsp3) is 0.438. The van der Waals surface area contributed by atoms with E-state index in [4.69, 9.17) is 5.11 Å². The van der Waals surface area contributed by atoms with Gasteiger partial charge in [0.05, 0.1) is 5.56 Å². The van der Waals surface area contributed by atoms with E-state index in [-0.39, 0.29) is 18.6 Å². The molecule has 0 saturated heterocycles. The van der Waals surface area contributed by atoms with Crippen molar-refractivity contribution in [2.75, 3.05) is 13.7 Å². The van der Waals surface area contributed by atoms with Crippen LogP contribution in [0.5, 0.6) is 0 Å². The van der Waals surface area contributed by atoms with Crippen LogP contribution in [0.2, 0.25) is 0 Å². The zero-order chi connectivity index (χ0) is 14.3. The molecule has 0 aromatic heterocycles. The fourth-order valence-corrected chi connectivity index (χ4v) is 1.91. The van der Waals surface area contributed by atoms with Crippen molar-refractivity contribution in [3.05, 3.63) is 35.4 Å². The standard InChI is InChI=1S/C16H21NO2/c1-4-8-13(2)17(3)16(19)15-11-6-5-9-14(15)10-7-12-18/h5-6,9,11,13,18H,4,8,12H2,1-3H3. The normalized spacial score (nSPS) is 11.4. The number of nitrogens with zero attached hydrogens (tertiary/aromatic N) is 1. The molecule has 0 aliphatic heterocycles. The van der Waals surface area contributed by atoms with Gasteiger partial charge in [-0.25, -0.2) is 0 Å². The number of hydrogen-bond acceptors (Lipinski definition) is 2. The number of aliphatic hydroxyl groups is 1. The van der Waals surface area contributed by atoms with Crippen LogP contribution in [0.3, 0.4) is 0 Å². The number of carbonyl (C=O) groups excluding carboxylic acids is 1. The van der Waals surface area contributed by atoms with E-state index in [0.717, 1.165) is 12.8 Å². The summed E-state index contributed by atoms with van der Waals surface area (Å²) in [6.07, 6.45) is 2.03. The van der Waals surface area contributed by atoms with Gasteiger partial charge in [0.25, 0.3) is 5.91 Å². The number of rotatable bonds is 4. The van der Waals surface area contributed by atoms with Crippen LogP contribution in [0, 0.1) is 11.8 Å². The van der Waals surface area contributed by atoms with E-state index in [0.29, 0.717) is 11.1 Å². The van der Waals surface area contributed by atoms with E-state index in [9.17, 15) is 4.79 Å². The lowest BCUT2D eigenvalue weighted by atomic mass is 10.1. The highest BCUT2D eigenvalue weighted by molar-refractivity contribution is 5.96. The summed E-state index contributed by atoms with van der Waals surface area (Å²) in [5.41, 5.74) is 1.26. The van der Waals surface area contributed by atoms with Gasteiger partial charge in [0, 0.05) is 18.7 Å². The van der Waals surface area contributed by atoms with Gasteiger partial charge in [-0.2, -0.15) is 0 Å². The first-order valence-corrected chi connectivity index (χ1v) is 6.57. The van der Waals surface area contributed by atoms with E-state index < -0.39 is 0 Å². The van der Waals surface area contributed by atoms with Gasteiger partial charge in [-0.05, 0) is 25.5 Å². The van der Waals surface area contributed by atoms with Crippen LogP contribution in [0.15, 0.2) is 24.3 Å². The van der Waals surface area contributed by atoms with Crippen molar-refractivity contribution >= 4 is 5.91 Å². The van der Waals surface area contributed by atoms with Crippen LogP contribution >= 0.6 is 0 Å². The van der Waals surface area contributed by atoms with Crippen molar-refractivity contribution in [2.45, 2.75) is 32.7 Å². The molecule has 1 N–H and O–H groups in total. The summed E-state index contributed by atoms with van der Waals surface area (Å²) in [4.78, 5) is 14.2. The average molecular weight is 259 g/mol.